The van der Waals surface area contributed by atoms with Gasteiger partial charge < -0.3 is 10.1 Å². The van der Waals surface area contributed by atoms with Gasteiger partial charge in [-0.05, 0) is 60.7 Å². The lowest BCUT2D eigenvalue weighted by Gasteiger charge is -2.08. The number of nitrogens with zero attached hydrogens (tertiary/aromatic N) is 2. The summed E-state index contributed by atoms with van der Waals surface area (Å²) in [5, 5.41) is 12.5. The highest BCUT2D eigenvalue weighted by Crippen LogP contribution is 2.26. The van der Waals surface area contributed by atoms with Crippen LogP contribution in [0.25, 0.3) is 11.3 Å². The molecule has 1 N–H and O–H groups in total. The van der Waals surface area contributed by atoms with Gasteiger partial charge in [-0.2, -0.15) is 5.26 Å². The van der Waals surface area contributed by atoms with Crippen molar-refractivity contribution in [3.05, 3.63) is 72.0 Å². The SMILES string of the molecule is COc1ccc(-c2ccc(C#N)c(SCC(=O)Nc3ccc(F)cc3)n2)cc1. The molecule has 140 valence electrons. The number of benzene rings is 2. The molecule has 3 rings (SSSR count). The summed E-state index contributed by atoms with van der Waals surface area (Å²) in [6, 6.07) is 18.5. The minimum absolute atomic E-state index is 0.0745. The molecule has 0 spiro atoms. The third kappa shape index (κ3) is 4.87. The summed E-state index contributed by atoms with van der Waals surface area (Å²) >= 11 is 1.17. The van der Waals surface area contributed by atoms with E-state index in [1.165, 1.54) is 36.0 Å². The van der Waals surface area contributed by atoms with Gasteiger partial charge in [0.15, 0.2) is 0 Å². The van der Waals surface area contributed by atoms with Gasteiger partial charge in [0.1, 0.15) is 22.7 Å². The highest BCUT2D eigenvalue weighted by Gasteiger charge is 2.11. The molecular formula is C21H16FN3O2S. The number of aromatic nitrogens is 1. The molecule has 0 unspecified atom stereocenters. The molecule has 3 aromatic rings. The van der Waals surface area contributed by atoms with E-state index in [0.717, 1.165) is 11.3 Å². The number of anilines is 1. The van der Waals surface area contributed by atoms with Crippen molar-refractivity contribution in [1.82, 2.24) is 4.98 Å². The lowest BCUT2D eigenvalue weighted by molar-refractivity contribution is -0.113. The molecule has 0 fully saturated rings. The van der Waals surface area contributed by atoms with E-state index in [-0.39, 0.29) is 17.5 Å². The Labute approximate surface area is 166 Å². The van der Waals surface area contributed by atoms with Gasteiger partial charge in [-0.25, -0.2) is 9.37 Å². The predicted octanol–water partition coefficient (Wildman–Crippen LogP) is 4.50. The van der Waals surface area contributed by atoms with Crippen LogP contribution in [0.15, 0.2) is 65.7 Å². The minimum atomic E-state index is -0.370. The molecule has 0 aliphatic rings. The van der Waals surface area contributed by atoms with Gasteiger partial charge in [-0.3, -0.25) is 4.79 Å². The van der Waals surface area contributed by atoms with Gasteiger partial charge in [0.25, 0.3) is 0 Å². The Morgan fingerprint density at radius 1 is 1.14 bits per heavy atom. The smallest absolute Gasteiger partial charge is 0.234 e. The molecule has 0 bridgehead atoms. The van der Waals surface area contributed by atoms with E-state index in [0.29, 0.717) is 22.0 Å². The first-order chi connectivity index (χ1) is 13.6. The highest BCUT2D eigenvalue weighted by atomic mass is 32.2. The zero-order valence-electron chi connectivity index (χ0n) is 15.0. The van der Waals surface area contributed by atoms with Gasteiger partial charge in [0.2, 0.25) is 5.91 Å². The lowest BCUT2D eigenvalue weighted by atomic mass is 10.1. The number of pyridine rings is 1. The van der Waals surface area contributed by atoms with E-state index in [2.05, 4.69) is 16.4 Å². The molecule has 0 aliphatic carbocycles. The number of carbonyl (C=O) groups excluding carboxylic acids is 1. The Morgan fingerprint density at radius 2 is 1.86 bits per heavy atom. The maximum Gasteiger partial charge on any atom is 0.234 e. The van der Waals surface area contributed by atoms with Crippen molar-refractivity contribution in [3.8, 4) is 23.1 Å². The molecule has 0 atom stereocenters. The van der Waals surface area contributed by atoms with Crippen LogP contribution in [0.4, 0.5) is 10.1 Å². The van der Waals surface area contributed by atoms with Crippen LogP contribution in [0.1, 0.15) is 5.56 Å². The molecule has 28 heavy (non-hydrogen) atoms. The number of thioether (sulfide) groups is 1. The molecule has 5 nitrogen and oxygen atoms in total. The number of hydrogen-bond acceptors (Lipinski definition) is 5. The van der Waals surface area contributed by atoms with Gasteiger partial charge in [0.05, 0.1) is 24.1 Å². The first-order valence-electron chi connectivity index (χ1n) is 8.33. The molecule has 0 saturated carbocycles. The molecule has 0 radical (unpaired) electrons. The van der Waals surface area contributed by atoms with Crippen LogP contribution in [0.3, 0.4) is 0 Å². The molecule has 0 saturated heterocycles. The number of amides is 1. The van der Waals surface area contributed by atoms with E-state index in [4.69, 9.17) is 4.74 Å². The Bertz CT molecular complexity index is 1020. The van der Waals surface area contributed by atoms with E-state index in [1.807, 2.05) is 24.3 Å². The van der Waals surface area contributed by atoms with Crippen LogP contribution >= 0.6 is 11.8 Å². The molecule has 1 heterocycles. The summed E-state index contributed by atoms with van der Waals surface area (Å²) in [5.74, 6) is 0.178. The number of methoxy groups -OCH3 is 1. The third-order valence-electron chi connectivity index (χ3n) is 3.83. The fourth-order valence-corrected chi connectivity index (χ4v) is 3.19. The summed E-state index contributed by atoms with van der Waals surface area (Å²) in [4.78, 5) is 16.7. The van der Waals surface area contributed by atoms with Crippen LogP contribution in [-0.2, 0) is 4.79 Å². The topological polar surface area (TPSA) is 75.0 Å². The van der Waals surface area contributed by atoms with Gasteiger partial charge in [-0.1, -0.05) is 11.8 Å². The van der Waals surface area contributed by atoms with E-state index in [9.17, 15) is 14.4 Å². The molecule has 1 amide bonds. The van der Waals surface area contributed by atoms with Crippen LogP contribution in [0, 0.1) is 17.1 Å². The molecule has 1 aromatic heterocycles. The molecule has 0 aliphatic heterocycles. The maximum absolute atomic E-state index is 12.9. The van der Waals surface area contributed by atoms with Crippen molar-refractivity contribution < 1.29 is 13.9 Å². The standard InChI is InChI=1S/C21H16FN3O2S/c1-27-18-9-2-14(3-10-18)19-11-4-15(12-23)21(25-19)28-13-20(26)24-17-7-5-16(22)6-8-17/h2-11H,13H2,1H3,(H,24,26). The normalized spacial score (nSPS) is 10.2. The average Bonchev–Trinajstić information content (AvgIpc) is 2.73. The number of ether oxygens (including phenoxy) is 1. The summed E-state index contributed by atoms with van der Waals surface area (Å²) in [6.07, 6.45) is 0. The zero-order valence-corrected chi connectivity index (χ0v) is 15.8. The third-order valence-corrected chi connectivity index (χ3v) is 4.83. The van der Waals surface area contributed by atoms with Crippen LogP contribution in [-0.4, -0.2) is 23.8 Å². The lowest BCUT2D eigenvalue weighted by Crippen LogP contribution is -2.14. The molecular weight excluding hydrogens is 377 g/mol. The number of rotatable bonds is 6. The Kier molecular flexibility index (Phi) is 6.25. The quantitative estimate of drug-likeness (QED) is 0.624. The predicted molar refractivity (Wildman–Crippen MR) is 107 cm³/mol. The Hall–Kier alpha value is -3.37. The Morgan fingerprint density at radius 3 is 2.50 bits per heavy atom. The molecule has 2 aromatic carbocycles. The van der Waals surface area contributed by atoms with E-state index < -0.39 is 0 Å². The second-order valence-corrected chi connectivity index (χ2v) is 6.70. The Balaban J connectivity index is 1.72. The average molecular weight is 393 g/mol. The largest absolute Gasteiger partial charge is 0.497 e. The first kappa shape index (κ1) is 19.4. The van der Waals surface area contributed by atoms with Crippen LogP contribution in [0.2, 0.25) is 0 Å². The molecule has 7 heteroatoms. The maximum atomic E-state index is 12.9. The van der Waals surface area contributed by atoms with E-state index >= 15 is 0 Å². The fraction of sp³-hybridized carbons (Fsp3) is 0.0952. The van der Waals surface area contributed by atoms with Crippen molar-refractivity contribution >= 4 is 23.4 Å². The van der Waals surface area contributed by atoms with Gasteiger partial charge in [-0.15, -0.1) is 0 Å². The monoisotopic (exact) mass is 393 g/mol. The summed E-state index contributed by atoms with van der Waals surface area (Å²) in [7, 11) is 1.60. The number of halogens is 1. The van der Waals surface area contributed by atoms with Crippen molar-refractivity contribution in [2.24, 2.45) is 0 Å². The van der Waals surface area contributed by atoms with Crippen LogP contribution in [0.5, 0.6) is 5.75 Å². The van der Waals surface area contributed by atoms with E-state index in [1.54, 1.807) is 19.2 Å². The van der Waals surface area contributed by atoms with Gasteiger partial charge >= 0.3 is 0 Å². The second kappa shape index (κ2) is 9.02. The second-order valence-electron chi connectivity index (χ2n) is 5.73. The minimum Gasteiger partial charge on any atom is -0.497 e. The van der Waals surface area contributed by atoms with Crippen LogP contribution < -0.4 is 10.1 Å². The van der Waals surface area contributed by atoms with Crippen molar-refractivity contribution in [2.75, 3.05) is 18.2 Å². The summed E-state index contributed by atoms with van der Waals surface area (Å²) < 4.78 is 18.1. The fourth-order valence-electron chi connectivity index (χ4n) is 2.42. The van der Waals surface area contributed by atoms with Crippen molar-refractivity contribution in [3.63, 3.8) is 0 Å². The highest BCUT2D eigenvalue weighted by molar-refractivity contribution is 8.00. The number of nitriles is 1. The van der Waals surface area contributed by atoms with Crippen molar-refractivity contribution in [1.29, 1.82) is 5.26 Å². The first-order valence-corrected chi connectivity index (χ1v) is 9.31. The number of carbonyl (C=O) groups is 1. The zero-order chi connectivity index (χ0) is 19.9. The summed E-state index contributed by atoms with van der Waals surface area (Å²) in [5.41, 5.74) is 2.48. The number of hydrogen-bond donors (Lipinski definition) is 1. The van der Waals surface area contributed by atoms with Gasteiger partial charge in [0, 0.05) is 11.3 Å². The number of nitrogens with one attached hydrogen (secondary N) is 1. The summed E-state index contributed by atoms with van der Waals surface area (Å²) in [6.45, 7) is 0. The van der Waals surface area contributed by atoms with Crippen molar-refractivity contribution in [2.45, 2.75) is 5.03 Å².